The van der Waals surface area contributed by atoms with Crippen LogP contribution in [0.25, 0.3) is 10.9 Å². The van der Waals surface area contributed by atoms with Crippen molar-refractivity contribution in [2.45, 2.75) is 89.5 Å². The maximum absolute atomic E-state index is 12.5. The smallest absolute Gasteiger partial charge is 0.407 e. The molecule has 184 valence electrons. The molecule has 1 aromatic carbocycles. The van der Waals surface area contributed by atoms with Crippen LogP contribution in [-0.4, -0.2) is 36.4 Å². The van der Waals surface area contributed by atoms with Gasteiger partial charge in [-0.05, 0) is 43.9 Å². The number of carbonyl (C=O) groups is 2. The minimum atomic E-state index is -0.431. The first-order valence-corrected chi connectivity index (χ1v) is 12.4. The average Bonchev–Trinajstić information content (AvgIpc) is 2.87. The van der Waals surface area contributed by atoms with Crippen LogP contribution in [0, 0.1) is 0 Å². The van der Waals surface area contributed by atoms with Crippen molar-refractivity contribution >= 4 is 23.1 Å². The standard InChI is InChI=1S/C26H35N3O5/c1-32-21-12-13-24-22(14-21)23(17-34-26(31)29-20-10-6-3-7-11-20)18(15-27-24)16-33-25(30)28-19-8-4-2-5-9-19/h12-15,19-20H,2-11,16-17H2,1H3,(H,28,30)(H,29,31). The summed E-state index contributed by atoms with van der Waals surface area (Å²) in [6.45, 7) is 0.0926. The first kappa shape index (κ1) is 24.1. The number of alkyl carbamates (subject to hydrolysis) is 2. The molecule has 0 atom stereocenters. The Morgan fingerprint density at radius 2 is 1.47 bits per heavy atom. The molecule has 0 unspecified atom stereocenters. The maximum atomic E-state index is 12.5. The molecule has 0 bridgehead atoms. The zero-order valence-electron chi connectivity index (χ0n) is 19.9. The van der Waals surface area contributed by atoms with Gasteiger partial charge in [0.1, 0.15) is 19.0 Å². The fourth-order valence-electron chi connectivity index (χ4n) is 4.88. The number of hydrogen-bond acceptors (Lipinski definition) is 6. The van der Waals surface area contributed by atoms with Gasteiger partial charge in [-0.2, -0.15) is 0 Å². The summed E-state index contributed by atoms with van der Waals surface area (Å²) in [5, 5.41) is 6.75. The molecule has 0 spiro atoms. The maximum Gasteiger partial charge on any atom is 0.407 e. The minimum Gasteiger partial charge on any atom is -0.497 e. The number of carbonyl (C=O) groups excluding carboxylic acids is 2. The number of ether oxygens (including phenoxy) is 3. The van der Waals surface area contributed by atoms with Gasteiger partial charge in [-0.1, -0.05) is 38.5 Å². The van der Waals surface area contributed by atoms with Crippen LogP contribution in [0.3, 0.4) is 0 Å². The van der Waals surface area contributed by atoms with E-state index in [-0.39, 0.29) is 25.3 Å². The summed E-state index contributed by atoms with van der Waals surface area (Å²) >= 11 is 0. The largest absolute Gasteiger partial charge is 0.497 e. The van der Waals surface area contributed by atoms with E-state index in [1.807, 2.05) is 18.2 Å². The molecule has 1 heterocycles. The van der Waals surface area contributed by atoms with Crippen LogP contribution in [0.1, 0.15) is 75.3 Å². The van der Waals surface area contributed by atoms with Crippen LogP contribution in [-0.2, 0) is 22.7 Å². The summed E-state index contributed by atoms with van der Waals surface area (Å²) in [5.74, 6) is 0.676. The predicted molar refractivity (Wildman–Crippen MR) is 129 cm³/mol. The molecule has 1 aromatic heterocycles. The number of nitrogens with zero attached hydrogens (tertiary/aromatic N) is 1. The number of aromatic nitrogens is 1. The van der Waals surface area contributed by atoms with Gasteiger partial charge in [-0.3, -0.25) is 4.98 Å². The topological polar surface area (TPSA) is 98.8 Å². The number of benzene rings is 1. The zero-order chi connectivity index (χ0) is 23.8. The SMILES string of the molecule is COc1ccc2ncc(COC(=O)NC3CCCCC3)c(COC(=O)NC3CCCCC3)c2c1. The van der Waals surface area contributed by atoms with Crippen molar-refractivity contribution in [3.8, 4) is 5.75 Å². The van der Waals surface area contributed by atoms with Gasteiger partial charge in [0, 0.05) is 34.8 Å². The lowest BCUT2D eigenvalue weighted by atomic mass is 9.96. The van der Waals surface area contributed by atoms with Crippen molar-refractivity contribution in [2.75, 3.05) is 7.11 Å². The molecule has 0 radical (unpaired) electrons. The van der Waals surface area contributed by atoms with Gasteiger partial charge in [0.15, 0.2) is 0 Å². The Morgan fingerprint density at radius 1 is 0.882 bits per heavy atom. The van der Waals surface area contributed by atoms with Gasteiger partial charge in [0.2, 0.25) is 0 Å². The van der Waals surface area contributed by atoms with Crippen LogP contribution in [0.2, 0.25) is 0 Å². The lowest BCUT2D eigenvalue weighted by Gasteiger charge is -2.23. The van der Waals surface area contributed by atoms with Gasteiger partial charge >= 0.3 is 12.2 Å². The summed E-state index contributed by atoms with van der Waals surface area (Å²) in [5.41, 5.74) is 2.21. The van der Waals surface area contributed by atoms with Crippen LogP contribution in [0.15, 0.2) is 24.4 Å². The first-order valence-electron chi connectivity index (χ1n) is 12.4. The Balaban J connectivity index is 1.45. The number of hydrogen-bond donors (Lipinski definition) is 2. The molecule has 0 aliphatic heterocycles. The predicted octanol–water partition coefficient (Wildman–Crippen LogP) is 5.36. The number of pyridine rings is 1. The van der Waals surface area contributed by atoms with E-state index < -0.39 is 12.2 Å². The molecule has 8 heteroatoms. The van der Waals surface area contributed by atoms with E-state index in [0.717, 1.165) is 67.8 Å². The van der Waals surface area contributed by atoms with Crippen molar-refractivity contribution in [1.29, 1.82) is 0 Å². The highest BCUT2D eigenvalue weighted by Gasteiger charge is 2.20. The number of methoxy groups -OCH3 is 1. The Hall–Kier alpha value is -3.03. The zero-order valence-corrected chi connectivity index (χ0v) is 19.9. The van der Waals surface area contributed by atoms with Gasteiger partial charge in [0.05, 0.1) is 12.6 Å². The number of rotatable bonds is 7. The Bertz CT molecular complexity index is 984. The molecule has 34 heavy (non-hydrogen) atoms. The third-order valence-corrected chi connectivity index (χ3v) is 6.84. The highest BCUT2D eigenvalue weighted by atomic mass is 16.6. The molecule has 2 aliphatic rings. The van der Waals surface area contributed by atoms with Crippen molar-refractivity contribution < 1.29 is 23.8 Å². The quantitative estimate of drug-likeness (QED) is 0.566. The molecular formula is C26H35N3O5. The second kappa shape index (κ2) is 11.9. The highest BCUT2D eigenvalue weighted by Crippen LogP contribution is 2.27. The minimum absolute atomic E-state index is 0.0433. The fourth-order valence-corrected chi connectivity index (χ4v) is 4.88. The molecule has 8 nitrogen and oxygen atoms in total. The van der Waals surface area contributed by atoms with Crippen LogP contribution < -0.4 is 15.4 Å². The summed E-state index contributed by atoms with van der Waals surface area (Å²) in [6, 6.07) is 5.91. The summed E-state index contributed by atoms with van der Waals surface area (Å²) in [7, 11) is 1.60. The second-order valence-electron chi connectivity index (χ2n) is 9.26. The first-order chi connectivity index (χ1) is 16.6. The van der Waals surface area contributed by atoms with E-state index in [2.05, 4.69) is 15.6 Å². The third kappa shape index (κ3) is 6.52. The lowest BCUT2D eigenvalue weighted by molar-refractivity contribution is 0.125. The molecular weight excluding hydrogens is 434 g/mol. The number of amides is 2. The van der Waals surface area contributed by atoms with E-state index in [1.54, 1.807) is 13.3 Å². The molecule has 2 saturated carbocycles. The summed E-state index contributed by atoms with van der Waals surface area (Å²) in [6.07, 6.45) is 11.7. The van der Waals surface area contributed by atoms with E-state index in [9.17, 15) is 9.59 Å². The molecule has 2 N–H and O–H groups in total. The monoisotopic (exact) mass is 469 g/mol. The molecule has 2 aromatic rings. The van der Waals surface area contributed by atoms with Gasteiger partial charge < -0.3 is 24.8 Å². The molecule has 2 fully saturated rings. The van der Waals surface area contributed by atoms with Gasteiger partial charge in [-0.25, -0.2) is 9.59 Å². The van der Waals surface area contributed by atoms with E-state index in [1.165, 1.54) is 12.8 Å². The van der Waals surface area contributed by atoms with Gasteiger partial charge in [-0.15, -0.1) is 0 Å². The lowest BCUT2D eigenvalue weighted by Crippen LogP contribution is -2.36. The van der Waals surface area contributed by atoms with Crippen LogP contribution in [0.4, 0.5) is 9.59 Å². The van der Waals surface area contributed by atoms with Gasteiger partial charge in [0.25, 0.3) is 0 Å². The third-order valence-electron chi connectivity index (χ3n) is 6.84. The normalized spacial score (nSPS) is 17.2. The summed E-state index contributed by atoms with van der Waals surface area (Å²) < 4.78 is 16.5. The van der Waals surface area contributed by atoms with Crippen molar-refractivity contribution in [3.63, 3.8) is 0 Å². The number of fused-ring (bicyclic) bond motifs is 1. The van der Waals surface area contributed by atoms with Crippen molar-refractivity contribution in [1.82, 2.24) is 15.6 Å². The second-order valence-corrected chi connectivity index (χ2v) is 9.26. The Kier molecular flexibility index (Phi) is 8.44. The highest BCUT2D eigenvalue weighted by molar-refractivity contribution is 5.84. The van der Waals surface area contributed by atoms with Crippen LogP contribution >= 0.6 is 0 Å². The van der Waals surface area contributed by atoms with Crippen molar-refractivity contribution in [3.05, 3.63) is 35.5 Å². The van der Waals surface area contributed by atoms with Crippen molar-refractivity contribution in [2.24, 2.45) is 0 Å². The molecule has 2 amide bonds. The fraction of sp³-hybridized carbons (Fsp3) is 0.577. The summed E-state index contributed by atoms with van der Waals surface area (Å²) in [4.78, 5) is 29.4. The molecule has 4 rings (SSSR count). The Morgan fingerprint density at radius 3 is 2.06 bits per heavy atom. The average molecular weight is 470 g/mol. The number of nitrogens with one attached hydrogen (secondary N) is 2. The molecule has 2 aliphatic carbocycles. The van der Waals surface area contributed by atoms with E-state index >= 15 is 0 Å². The van der Waals surface area contributed by atoms with E-state index in [0.29, 0.717) is 11.3 Å². The van der Waals surface area contributed by atoms with E-state index in [4.69, 9.17) is 14.2 Å². The van der Waals surface area contributed by atoms with Crippen LogP contribution in [0.5, 0.6) is 5.75 Å². The molecule has 0 saturated heterocycles. The Labute approximate surface area is 200 Å².